The van der Waals surface area contributed by atoms with Gasteiger partial charge in [0.2, 0.25) is 5.91 Å². The van der Waals surface area contributed by atoms with E-state index >= 15 is 0 Å². The second-order valence-corrected chi connectivity index (χ2v) is 8.34. The number of nitrogens with zero attached hydrogens (tertiary/aromatic N) is 3. The van der Waals surface area contributed by atoms with Crippen molar-refractivity contribution in [2.75, 3.05) is 5.32 Å². The van der Waals surface area contributed by atoms with Gasteiger partial charge in [0.1, 0.15) is 6.33 Å². The average Bonchev–Trinajstić information content (AvgIpc) is 3.60. The van der Waals surface area contributed by atoms with Crippen LogP contribution in [0.15, 0.2) is 61.3 Å². The zero-order valence-corrected chi connectivity index (χ0v) is 18.3. The maximum atomic E-state index is 13.2. The van der Waals surface area contributed by atoms with Gasteiger partial charge in [0.25, 0.3) is 0 Å². The molecule has 0 spiro atoms. The van der Waals surface area contributed by atoms with E-state index in [2.05, 4.69) is 25.6 Å². The van der Waals surface area contributed by atoms with Crippen molar-refractivity contribution in [3.63, 3.8) is 0 Å². The monoisotopic (exact) mass is 469 g/mol. The van der Waals surface area contributed by atoms with Gasteiger partial charge in [-0.1, -0.05) is 12.1 Å². The smallest absolute Gasteiger partial charge is 0.354 e. The summed E-state index contributed by atoms with van der Waals surface area (Å²) in [6.07, 6.45) is 2.42. The Hall–Kier alpha value is -3.82. The first-order valence-electron chi connectivity index (χ1n) is 10.7. The lowest BCUT2D eigenvalue weighted by Gasteiger charge is -2.19. The molecule has 1 fully saturated rings. The minimum Gasteiger partial charge on any atom is -0.354 e. The first kappa shape index (κ1) is 23.3. The molecule has 4 rings (SSSR count). The largest absolute Gasteiger partial charge is 0.418 e. The van der Waals surface area contributed by atoms with Gasteiger partial charge in [0.05, 0.1) is 45.8 Å². The molecule has 10 heteroatoms. The fourth-order valence-electron chi connectivity index (χ4n) is 3.64. The Morgan fingerprint density at radius 3 is 2.38 bits per heavy atom. The van der Waals surface area contributed by atoms with Crippen LogP contribution < -0.4 is 10.6 Å². The summed E-state index contributed by atoms with van der Waals surface area (Å²) in [5.74, 6) is -0.415. The number of alkyl halides is 3. The maximum Gasteiger partial charge on any atom is 0.418 e. The molecule has 2 heterocycles. The molecule has 7 nitrogen and oxygen atoms in total. The summed E-state index contributed by atoms with van der Waals surface area (Å²) in [6.45, 7) is 1.76. The molecular weight excluding hydrogens is 447 g/mol. The molecule has 0 saturated heterocycles. The van der Waals surface area contributed by atoms with Crippen LogP contribution in [0.4, 0.5) is 24.5 Å². The molecule has 1 aliphatic carbocycles. The summed E-state index contributed by atoms with van der Waals surface area (Å²) in [7, 11) is 0. The minimum atomic E-state index is -4.48. The van der Waals surface area contributed by atoms with Crippen LogP contribution in [0.2, 0.25) is 0 Å². The number of nitrogens with one attached hydrogen (secondary N) is 2. The molecule has 0 radical (unpaired) electrons. The van der Waals surface area contributed by atoms with Crippen molar-refractivity contribution in [2.45, 2.75) is 38.4 Å². The van der Waals surface area contributed by atoms with Gasteiger partial charge in [-0.3, -0.25) is 14.6 Å². The number of amides is 1. The number of carbonyl (C=O) groups excluding carboxylic acids is 2. The Kier molecular flexibility index (Phi) is 6.32. The summed E-state index contributed by atoms with van der Waals surface area (Å²) < 4.78 is 39.6. The Morgan fingerprint density at radius 2 is 1.76 bits per heavy atom. The molecule has 1 saturated carbocycles. The van der Waals surface area contributed by atoms with Gasteiger partial charge in [-0.05, 0) is 44.0 Å². The lowest BCUT2D eigenvalue weighted by Crippen LogP contribution is -2.35. The highest BCUT2D eigenvalue weighted by Gasteiger charge is 2.51. The summed E-state index contributed by atoms with van der Waals surface area (Å²) in [5.41, 5.74) is -0.299. The molecular formula is C24H22F3N5O2. The molecule has 1 atom stereocenters. The van der Waals surface area contributed by atoms with Crippen molar-refractivity contribution in [1.29, 1.82) is 0 Å². The maximum absolute atomic E-state index is 13.2. The Bertz CT molecular complexity index is 1180. The van der Waals surface area contributed by atoms with Crippen LogP contribution in [0.25, 0.3) is 0 Å². The van der Waals surface area contributed by atoms with Crippen molar-refractivity contribution in [3.05, 3.63) is 78.1 Å². The van der Waals surface area contributed by atoms with Crippen molar-refractivity contribution in [3.8, 4) is 0 Å². The van der Waals surface area contributed by atoms with E-state index in [1.807, 2.05) is 0 Å². The predicted octanol–water partition coefficient (Wildman–Crippen LogP) is 4.86. The van der Waals surface area contributed by atoms with Gasteiger partial charge in [-0.2, -0.15) is 13.2 Å². The minimum absolute atomic E-state index is 0.0740. The van der Waals surface area contributed by atoms with E-state index in [9.17, 15) is 22.8 Å². The van der Waals surface area contributed by atoms with E-state index in [0.29, 0.717) is 29.8 Å². The molecule has 0 bridgehead atoms. The number of ketones is 1. The zero-order valence-electron chi connectivity index (χ0n) is 18.3. The van der Waals surface area contributed by atoms with E-state index in [0.717, 1.165) is 6.07 Å². The lowest BCUT2D eigenvalue weighted by molar-refractivity contribution is -0.137. The average molecular weight is 469 g/mol. The normalized spacial score (nSPS) is 15.3. The van der Waals surface area contributed by atoms with Gasteiger partial charge in [-0.15, -0.1) is 0 Å². The Morgan fingerprint density at radius 1 is 1.06 bits per heavy atom. The number of hydrogen-bond donors (Lipinski definition) is 2. The van der Waals surface area contributed by atoms with Crippen molar-refractivity contribution < 1.29 is 22.8 Å². The van der Waals surface area contributed by atoms with Gasteiger partial charge in [0, 0.05) is 18.8 Å². The van der Waals surface area contributed by atoms with Crippen LogP contribution in [0.1, 0.15) is 53.8 Å². The number of carbonyl (C=O) groups is 2. The highest BCUT2D eigenvalue weighted by Crippen LogP contribution is 2.50. The summed E-state index contributed by atoms with van der Waals surface area (Å²) >= 11 is 0. The summed E-state index contributed by atoms with van der Waals surface area (Å²) in [4.78, 5) is 37.3. The molecule has 1 aliphatic rings. The van der Waals surface area contributed by atoms with Gasteiger partial charge >= 0.3 is 6.18 Å². The van der Waals surface area contributed by atoms with Gasteiger partial charge in [-0.25, -0.2) is 9.97 Å². The van der Waals surface area contributed by atoms with Crippen LogP contribution in [0, 0.1) is 5.41 Å². The van der Waals surface area contributed by atoms with E-state index in [4.69, 9.17) is 0 Å². The Balaban J connectivity index is 1.38. The summed E-state index contributed by atoms with van der Waals surface area (Å²) in [5, 5.41) is 5.64. The molecule has 34 heavy (non-hydrogen) atoms. The first-order valence-corrected chi connectivity index (χ1v) is 10.7. The number of para-hydroxylation sites is 1. The van der Waals surface area contributed by atoms with Crippen molar-refractivity contribution in [1.82, 2.24) is 20.3 Å². The number of hydrogen-bond acceptors (Lipinski definition) is 6. The number of Topliss-reactive ketones (excluding diaryl/α,β-unsaturated/α-hetero) is 1. The van der Waals surface area contributed by atoms with Gasteiger partial charge in [0.15, 0.2) is 5.78 Å². The van der Waals surface area contributed by atoms with Gasteiger partial charge < -0.3 is 10.6 Å². The number of benzene rings is 1. The number of anilines is 2. The molecule has 3 aromatic rings. The standard InChI is InChI=1S/C24H22F3N5O2/c1-15(31-22(34)23(8-9-23)10-21(33)16-11-28-14-29-12-16)19-7-6-17(13-30-19)32-20-5-3-2-4-18(20)24(25,26)27/h2-7,11-15,32H,8-10H2,1H3,(H,31,34). The second-order valence-electron chi connectivity index (χ2n) is 8.34. The van der Waals surface area contributed by atoms with Crippen molar-refractivity contribution in [2.24, 2.45) is 5.41 Å². The van der Waals surface area contributed by atoms with Crippen LogP contribution in [0.5, 0.6) is 0 Å². The molecule has 0 aliphatic heterocycles. The van der Waals surface area contributed by atoms with E-state index in [-0.39, 0.29) is 23.8 Å². The van der Waals surface area contributed by atoms with Crippen LogP contribution in [-0.2, 0) is 11.0 Å². The third-order valence-electron chi connectivity index (χ3n) is 5.81. The van der Waals surface area contributed by atoms with Crippen LogP contribution in [0.3, 0.4) is 0 Å². The predicted molar refractivity (Wildman–Crippen MR) is 118 cm³/mol. The molecule has 2 N–H and O–H groups in total. The highest BCUT2D eigenvalue weighted by molar-refractivity contribution is 6.00. The fourth-order valence-corrected chi connectivity index (χ4v) is 3.64. The molecule has 1 amide bonds. The SMILES string of the molecule is CC(NC(=O)C1(CC(=O)c2cncnc2)CC1)c1ccc(Nc2ccccc2C(F)(F)F)cn1. The second kappa shape index (κ2) is 9.20. The molecule has 176 valence electrons. The number of aromatic nitrogens is 3. The molecule has 1 unspecified atom stereocenters. The van der Waals surface area contributed by atoms with Crippen molar-refractivity contribution >= 4 is 23.1 Å². The molecule has 2 aromatic heterocycles. The third kappa shape index (κ3) is 5.22. The topological polar surface area (TPSA) is 96.9 Å². The first-order chi connectivity index (χ1) is 16.2. The Labute approximate surface area is 193 Å². The molecule has 1 aromatic carbocycles. The quantitative estimate of drug-likeness (QED) is 0.457. The lowest BCUT2D eigenvalue weighted by atomic mass is 9.95. The number of rotatable bonds is 8. The summed E-state index contributed by atoms with van der Waals surface area (Å²) in [6, 6.07) is 7.98. The third-order valence-corrected chi connectivity index (χ3v) is 5.81. The number of pyridine rings is 1. The van der Waals surface area contributed by atoms with E-state index in [1.54, 1.807) is 19.1 Å². The number of halogens is 3. The van der Waals surface area contributed by atoms with E-state index < -0.39 is 23.2 Å². The van der Waals surface area contributed by atoms with E-state index in [1.165, 1.54) is 43.1 Å². The highest BCUT2D eigenvalue weighted by atomic mass is 19.4. The zero-order chi connectivity index (χ0) is 24.3. The van der Waals surface area contributed by atoms with Crippen LogP contribution in [-0.4, -0.2) is 26.6 Å². The fraction of sp³-hybridized carbons (Fsp3) is 0.292. The van der Waals surface area contributed by atoms with Crippen LogP contribution >= 0.6 is 0 Å².